The predicted octanol–water partition coefficient (Wildman–Crippen LogP) is 4.04. The molecule has 0 radical (unpaired) electrons. The molecule has 0 saturated heterocycles. The SMILES string of the molecule is COc1ccc2c(N)c3c(nc2c1)CCCC3=O.COc1ccc2cc3c(nc2c1)CCC(N)C3=O. The molecule has 2 aliphatic rings. The number of ether oxygens (including phenoxy) is 2. The van der Waals surface area contributed by atoms with Crippen molar-refractivity contribution in [2.24, 2.45) is 5.73 Å². The number of anilines is 1. The molecule has 2 aliphatic carbocycles. The lowest BCUT2D eigenvalue weighted by Crippen LogP contribution is -2.35. The van der Waals surface area contributed by atoms with Gasteiger partial charge in [-0.05, 0) is 56.0 Å². The van der Waals surface area contributed by atoms with Crippen molar-refractivity contribution in [1.82, 2.24) is 9.97 Å². The zero-order valence-electron chi connectivity index (χ0n) is 20.3. The van der Waals surface area contributed by atoms with E-state index in [1.807, 2.05) is 42.5 Å². The second kappa shape index (κ2) is 9.54. The van der Waals surface area contributed by atoms with Gasteiger partial charge in [-0.25, -0.2) is 0 Å². The lowest BCUT2D eigenvalue weighted by molar-refractivity contribution is 0.0945. The van der Waals surface area contributed by atoms with Crippen LogP contribution in [-0.4, -0.2) is 41.8 Å². The zero-order valence-corrected chi connectivity index (χ0v) is 20.3. The maximum absolute atomic E-state index is 12.0. The molecule has 0 fully saturated rings. The summed E-state index contributed by atoms with van der Waals surface area (Å²) in [5, 5.41) is 1.77. The monoisotopic (exact) mass is 484 g/mol. The fourth-order valence-electron chi connectivity index (χ4n) is 4.82. The van der Waals surface area contributed by atoms with Crippen LogP contribution in [-0.2, 0) is 12.8 Å². The average Bonchev–Trinajstić information content (AvgIpc) is 2.90. The minimum absolute atomic E-state index is 0.00136. The highest BCUT2D eigenvalue weighted by molar-refractivity contribution is 6.09. The van der Waals surface area contributed by atoms with Crippen LogP contribution in [0.1, 0.15) is 51.4 Å². The minimum Gasteiger partial charge on any atom is -0.497 e. The Morgan fingerprint density at radius 3 is 2.31 bits per heavy atom. The number of nitrogens with two attached hydrogens (primary N) is 2. The van der Waals surface area contributed by atoms with E-state index in [2.05, 4.69) is 9.97 Å². The number of carbonyl (C=O) groups is 2. The van der Waals surface area contributed by atoms with Gasteiger partial charge in [0.2, 0.25) is 0 Å². The van der Waals surface area contributed by atoms with E-state index >= 15 is 0 Å². The summed E-state index contributed by atoms with van der Waals surface area (Å²) in [6.07, 6.45) is 3.68. The average molecular weight is 485 g/mol. The van der Waals surface area contributed by atoms with Crippen molar-refractivity contribution in [3.8, 4) is 11.5 Å². The van der Waals surface area contributed by atoms with Gasteiger partial charge in [-0.3, -0.25) is 19.6 Å². The Bertz CT molecular complexity index is 1520. The summed E-state index contributed by atoms with van der Waals surface area (Å²) in [7, 11) is 3.24. The fourth-order valence-corrected chi connectivity index (χ4v) is 4.82. The van der Waals surface area contributed by atoms with E-state index in [9.17, 15) is 9.59 Å². The van der Waals surface area contributed by atoms with E-state index in [-0.39, 0.29) is 17.6 Å². The van der Waals surface area contributed by atoms with Gasteiger partial charge in [-0.15, -0.1) is 0 Å². The zero-order chi connectivity index (χ0) is 25.4. The van der Waals surface area contributed by atoms with Gasteiger partial charge in [-0.2, -0.15) is 0 Å². The van der Waals surface area contributed by atoms with Crippen molar-refractivity contribution in [3.05, 3.63) is 65.0 Å². The molecular weight excluding hydrogens is 456 g/mol. The van der Waals surface area contributed by atoms with Gasteiger partial charge in [0.05, 0.1) is 53.9 Å². The van der Waals surface area contributed by atoms with Crippen LogP contribution in [0.2, 0.25) is 0 Å². The Balaban J connectivity index is 0.000000148. The largest absolute Gasteiger partial charge is 0.497 e. The molecule has 0 aliphatic heterocycles. The van der Waals surface area contributed by atoms with Crippen LogP contribution in [0, 0.1) is 0 Å². The van der Waals surface area contributed by atoms with Crippen molar-refractivity contribution < 1.29 is 19.1 Å². The van der Waals surface area contributed by atoms with E-state index < -0.39 is 0 Å². The lowest BCUT2D eigenvalue weighted by Gasteiger charge is -2.19. The van der Waals surface area contributed by atoms with E-state index in [1.54, 1.807) is 14.2 Å². The molecule has 2 aromatic heterocycles. The number of aryl methyl sites for hydroxylation is 2. The molecule has 0 saturated carbocycles. The molecule has 2 aromatic carbocycles. The Morgan fingerprint density at radius 1 is 0.861 bits per heavy atom. The molecule has 6 rings (SSSR count). The molecule has 184 valence electrons. The molecule has 2 heterocycles. The molecule has 4 aromatic rings. The topological polar surface area (TPSA) is 130 Å². The number of nitrogens with zero attached hydrogens (tertiary/aromatic N) is 2. The summed E-state index contributed by atoms with van der Waals surface area (Å²) in [4.78, 5) is 33.0. The van der Waals surface area contributed by atoms with Crippen LogP contribution >= 0.6 is 0 Å². The van der Waals surface area contributed by atoms with Crippen molar-refractivity contribution in [2.45, 2.75) is 38.1 Å². The maximum atomic E-state index is 12.0. The highest BCUT2D eigenvalue weighted by atomic mass is 16.5. The van der Waals surface area contributed by atoms with Crippen molar-refractivity contribution in [3.63, 3.8) is 0 Å². The first-order valence-electron chi connectivity index (χ1n) is 12.0. The molecule has 8 nitrogen and oxygen atoms in total. The standard InChI is InChI=1S/2C14H14N2O2/c1-18-9-3-2-8-6-10-12(16-13(8)7-9)5-4-11(15)14(10)17;1-18-8-5-6-9-11(7-8)16-10-3-2-4-12(17)13(10)14(9)15/h2-3,6-7,11H,4-5,15H2,1H3;5-7H,2-4H2,1H3,(H2,15,16). The molecule has 1 atom stereocenters. The number of hydrogen-bond acceptors (Lipinski definition) is 8. The number of ketones is 2. The number of benzene rings is 2. The summed E-state index contributed by atoms with van der Waals surface area (Å²) in [5.74, 6) is 1.63. The Morgan fingerprint density at radius 2 is 1.56 bits per heavy atom. The molecule has 0 bridgehead atoms. The normalized spacial score (nSPS) is 16.7. The second-order valence-corrected chi connectivity index (χ2v) is 9.06. The Kier molecular flexibility index (Phi) is 6.28. The number of aromatic nitrogens is 2. The summed E-state index contributed by atoms with van der Waals surface area (Å²) in [6.45, 7) is 0. The smallest absolute Gasteiger partial charge is 0.181 e. The third-order valence-corrected chi connectivity index (χ3v) is 6.80. The summed E-state index contributed by atoms with van der Waals surface area (Å²) < 4.78 is 10.4. The first kappa shape index (κ1) is 23.7. The highest BCUT2D eigenvalue weighted by Gasteiger charge is 2.26. The number of fused-ring (bicyclic) bond motifs is 4. The Hall–Kier alpha value is -4.04. The third-order valence-electron chi connectivity index (χ3n) is 6.80. The van der Waals surface area contributed by atoms with Crippen molar-refractivity contribution in [2.75, 3.05) is 20.0 Å². The van der Waals surface area contributed by atoms with E-state index in [0.29, 0.717) is 29.7 Å². The summed E-state index contributed by atoms with van der Waals surface area (Å²) in [6, 6.07) is 12.7. The van der Waals surface area contributed by atoms with Gasteiger partial charge in [0.15, 0.2) is 11.6 Å². The number of carbonyl (C=O) groups excluding carboxylic acids is 2. The molecule has 36 heavy (non-hydrogen) atoms. The van der Waals surface area contributed by atoms with Gasteiger partial charge in [0.25, 0.3) is 0 Å². The Labute approximate surface area is 208 Å². The highest BCUT2D eigenvalue weighted by Crippen LogP contribution is 2.32. The molecule has 1 unspecified atom stereocenters. The van der Waals surface area contributed by atoms with Gasteiger partial charge in [-0.1, -0.05) is 0 Å². The number of rotatable bonds is 2. The molecule has 0 amide bonds. The van der Waals surface area contributed by atoms with Gasteiger partial charge in [0, 0.05) is 34.9 Å². The van der Waals surface area contributed by atoms with E-state index in [0.717, 1.165) is 64.0 Å². The van der Waals surface area contributed by atoms with Gasteiger partial charge in [0.1, 0.15) is 11.5 Å². The first-order chi connectivity index (χ1) is 17.4. The first-order valence-corrected chi connectivity index (χ1v) is 12.0. The lowest BCUT2D eigenvalue weighted by atomic mass is 9.90. The number of nitrogen functional groups attached to an aromatic ring is 1. The van der Waals surface area contributed by atoms with Crippen LogP contribution in [0.25, 0.3) is 21.8 Å². The van der Waals surface area contributed by atoms with Crippen LogP contribution in [0.4, 0.5) is 5.69 Å². The number of hydrogen-bond donors (Lipinski definition) is 2. The quantitative estimate of drug-likeness (QED) is 0.436. The summed E-state index contributed by atoms with van der Waals surface area (Å²) >= 11 is 0. The van der Waals surface area contributed by atoms with Crippen LogP contribution in [0.15, 0.2) is 42.5 Å². The third kappa shape index (κ3) is 4.24. The molecular formula is C28H28N4O4. The number of Topliss-reactive ketones (excluding diaryl/α,β-unsaturated/α-hetero) is 2. The number of methoxy groups -OCH3 is 2. The number of pyridine rings is 2. The predicted molar refractivity (Wildman–Crippen MR) is 139 cm³/mol. The molecule has 8 heteroatoms. The minimum atomic E-state index is -0.380. The van der Waals surface area contributed by atoms with Gasteiger partial charge < -0.3 is 20.9 Å². The van der Waals surface area contributed by atoms with Crippen molar-refractivity contribution >= 4 is 39.1 Å². The van der Waals surface area contributed by atoms with Crippen molar-refractivity contribution in [1.29, 1.82) is 0 Å². The van der Waals surface area contributed by atoms with Crippen LogP contribution in [0.5, 0.6) is 11.5 Å². The van der Waals surface area contributed by atoms with E-state index in [4.69, 9.17) is 20.9 Å². The maximum Gasteiger partial charge on any atom is 0.181 e. The molecule has 0 spiro atoms. The van der Waals surface area contributed by atoms with Crippen LogP contribution < -0.4 is 20.9 Å². The van der Waals surface area contributed by atoms with Gasteiger partial charge >= 0.3 is 0 Å². The van der Waals surface area contributed by atoms with Crippen LogP contribution in [0.3, 0.4) is 0 Å². The second-order valence-electron chi connectivity index (χ2n) is 9.06. The fraction of sp³-hybridized carbons (Fsp3) is 0.286. The molecule has 4 N–H and O–H groups in total. The summed E-state index contributed by atoms with van der Waals surface area (Å²) in [5.41, 5.74) is 17.1. The van der Waals surface area contributed by atoms with E-state index in [1.165, 1.54) is 0 Å².